The van der Waals surface area contributed by atoms with Crippen LogP contribution in [0.15, 0.2) is 44.6 Å². The summed E-state index contributed by atoms with van der Waals surface area (Å²) < 4.78 is 27.7. The van der Waals surface area contributed by atoms with Crippen LogP contribution in [0.25, 0.3) is 0 Å². The molecule has 0 saturated heterocycles. The molecule has 0 radical (unpaired) electrons. The van der Waals surface area contributed by atoms with E-state index in [4.69, 9.17) is 11.6 Å². The summed E-state index contributed by atoms with van der Waals surface area (Å²) in [6.45, 7) is 0. The van der Waals surface area contributed by atoms with Crippen LogP contribution in [0.4, 0.5) is 5.69 Å². The molecule has 0 aliphatic heterocycles. The fraction of sp³-hybridized carbons (Fsp3) is 0. The van der Waals surface area contributed by atoms with Gasteiger partial charge in [0.15, 0.2) is 0 Å². The first-order chi connectivity index (χ1) is 8.90. The zero-order chi connectivity index (χ0) is 14.0. The van der Waals surface area contributed by atoms with Gasteiger partial charge in [-0.15, -0.1) is 0 Å². The molecule has 2 rings (SSSR count). The molecule has 0 aliphatic carbocycles. The lowest BCUT2D eigenvalue weighted by Crippen LogP contribution is -2.14. The number of sulfonamides is 1. The Morgan fingerprint density at radius 1 is 1.26 bits per heavy atom. The van der Waals surface area contributed by atoms with E-state index in [0.29, 0.717) is 14.8 Å². The molecule has 0 bridgehead atoms. The van der Waals surface area contributed by atoms with Gasteiger partial charge in [0.1, 0.15) is 14.7 Å². The summed E-state index contributed by atoms with van der Waals surface area (Å²) in [7, 11) is -3.83. The average Bonchev–Trinajstić information content (AvgIpc) is 2.35. The highest BCUT2D eigenvalue weighted by atomic mass is 79.9. The molecule has 9 heteroatoms. The van der Waals surface area contributed by atoms with E-state index in [1.807, 2.05) is 0 Å². The third-order valence-electron chi connectivity index (χ3n) is 2.07. The van der Waals surface area contributed by atoms with Gasteiger partial charge in [0.25, 0.3) is 10.0 Å². The predicted octanol–water partition coefficient (Wildman–Crippen LogP) is 3.46. The quantitative estimate of drug-likeness (QED) is 0.762. The fourth-order valence-corrected chi connectivity index (χ4v) is 3.75. The summed E-state index contributed by atoms with van der Waals surface area (Å²) in [5.41, 5.74) is 0.318. The van der Waals surface area contributed by atoms with Gasteiger partial charge in [0.05, 0.1) is 5.69 Å². The summed E-state index contributed by atoms with van der Waals surface area (Å²) in [5, 5.41) is -0.101. The number of aromatic nitrogens is 2. The molecule has 0 unspecified atom stereocenters. The molecule has 2 aromatic heterocycles. The molecule has 2 aromatic rings. The Morgan fingerprint density at radius 3 is 2.68 bits per heavy atom. The Balaban J connectivity index is 2.44. The molecule has 5 nitrogen and oxygen atoms in total. The molecule has 0 atom stereocenters. The van der Waals surface area contributed by atoms with Gasteiger partial charge in [0, 0.05) is 16.9 Å². The largest absolute Gasteiger partial charge is 0.277 e. The zero-order valence-corrected chi connectivity index (χ0v) is 13.9. The van der Waals surface area contributed by atoms with Gasteiger partial charge in [-0.3, -0.25) is 4.72 Å². The van der Waals surface area contributed by atoms with Gasteiger partial charge in [-0.2, -0.15) is 0 Å². The van der Waals surface area contributed by atoms with Crippen molar-refractivity contribution < 1.29 is 8.42 Å². The Bertz CT molecular complexity index is 724. The molecule has 1 N–H and O–H groups in total. The molecule has 0 aromatic carbocycles. The van der Waals surface area contributed by atoms with Crippen LogP contribution in [-0.2, 0) is 10.0 Å². The fourth-order valence-electron chi connectivity index (χ4n) is 1.25. The van der Waals surface area contributed by atoms with Crippen LogP contribution in [0, 0.1) is 0 Å². The average molecular weight is 428 g/mol. The number of rotatable bonds is 3. The number of nitrogens with one attached hydrogen (secondary N) is 1. The molecule has 0 spiro atoms. The zero-order valence-electron chi connectivity index (χ0n) is 9.14. The van der Waals surface area contributed by atoms with Crippen molar-refractivity contribution in [2.75, 3.05) is 4.72 Å². The molecular weight excluding hydrogens is 421 g/mol. The van der Waals surface area contributed by atoms with Crippen LogP contribution in [0.3, 0.4) is 0 Å². The lowest BCUT2D eigenvalue weighted by Gasteiger charge is -2.10. The summed E-state index contributed by atoms with van der Waals surface area (Å²) >= 11 is 12.1. The highest BCUT2D eigenvalue weighted by molar-refractivity contribution is 9.10. The molecule has 19 heavy (non-hydrogen) atoms. The monoisotopic (exact) mass is 425 g/mol. The van der Waals surface area contributed by atoms with Gasteiger partial charge < -0.3 is 0 Å². The minimum atomic E-state index is -3.83. The number of hydrogen-bond donors (Lipinski definition) is 1. The predicted molar refractivity (Wildman–Crippen MR) is 79.7 cm³/mol. The van der Waals surface area contributed by atoms with E-state index in [1.54, 1.807) is 12.1 Å². The first-order valence-electron chi connectivity index (χ1n) is 4.84. The number of nitrogens with zero attached hydrogens (tertiary/aromatic N) is 2. The van der Waals surface area contributed by atoms with E-state index < -0.39 is 10.0 Å². The van der Waals surface area contributed by atoms with Gasteiger partial charge in [-0.25, -0.2) is 18.4 Å². The van der Waals surface area contributed by atoms with Crippen molar-refractivity contribution in [1.29, 1.82) is 0 Å². The summed E-state index contributed by atoms with van der Waals surface area (Å²) in [5.74, 6) is 0. The lowest BCUT2D eigenvalue weighted by atomic mass is 10.4. The van der Waals surface area contributed by atoms with E-state index in [0.717, 1.165) is 0 Å². The van der Waals surface area contributed by atoms with Crippen molar-refractivity contribution in [2.24, 2.45) is 0 Å². The Hall–Kier alpha value is -0.700. The van der Waals surface area contributed by atoms with Gasteiger partial charge in [-0.05, 0) is 50.1 Å². The van der Waals surface area contributed by atoms with Crippen LogP contribution in [-0.4, -0.2) is 18.4 Å². The Kier molecular flexibility index (Phi) is 4.44. The van der Waals surface area contributed by atoms with Crippen LogP contribution in [0.2, 0.25) is 5.15 Å². The van der Waals surface area contributed by atoms with Crippen LogP contribution < -0.4 is 4.72 Å². The van der Waals surface area contributed by atoms with Crippen molar-refractivity contribution >= 4 is 59.2 Å². The van der Waals surface area contributed by atoms with Crippen LogP contribution >= 0.6 is 43.5 Å². The van der Waals surface area contributed by atoms with E-state index in [2.05, 4.69) is 46.5 Å². The van der Waals surface area contributed by atoms with E-state index >= 15 is 0 Å². The first kappa shape index (κ1) is 14.7. The topological polar surface area (TPSA) is 72.0 Å². The summed E-state index contributed by atoms with van der Waals surface area (Å²) in [4.78, 5) is 7.60. The number of halogens is 3. The minimum absolute atomic E-state index is 0.101. The SMILES string of the molecule is O=S(=O)(Nc1cccnc1Br)c1cc(Br)cnc1Cl. The third-order valence-corrected chi connectivity index (χ3v) is 4.92. The molecule has 0 fully saturated rings. The molecule has 0 amide bonds. The maximum atomic E-state index is 12.2. The maximum Gasteiger partial charge on any atom is 0.265 e. The van der Waals surface area contributed by atoms with Gasteiger partial charge >= 0.3 is 0 Å². The summed E-state index contributed by atoms with van der Waals surface area (Å²) in [6.07, 6.45) is 2.96. The standard InChI is InChI=1S/C10H6Br2ClN3O2S/c11-6-4-8(10(13)15-5-6)19(17,18)16-7-2-1-3-14-9(7)12/h1-5,16H. The molecule has 0 saturated carbocycles. The van der Waals surface area contributed by atoms with Crippen molar-refractivity contribution in [3.05, 3.63) is 44.8 Å². The second-order valence-electron chi connectivity index (χ2n) is 3.39. The molecule has 100 valence electrons. The maximum absolute atomic E-state index is 12.2. The minimum Gasteiger partial charge on any atom is -0.277 e. The van der Waals surface area contributed by atoms with Crippen molar-refractivity contribution in [2.45, 2.75) is 4.90 Å². The van der Waals surface area contributed by atoms with Crippen molar-refractivity contribution in [3.8, 4) is 0 Å². The van der Waals surface area contributed by atoms with E-state index in [-0.39, 0.29) is 10.0 Å². The van der Waals surface area contributed by atoms with Gasteiger partial charge in [0.2, 0.25) is 0 Å². The second kappa shape index (κ2) is 5.74. The number of hydrogen-bond acceptors (Lipinski definition) is 4. The second-order valence-corrected chi connectivity index (χ2v) is 7.07. The van der Waals surface area contributed by atoms with Crippen LogP contribution in [0.1, 0.15) is 0 Å². The van der Waals surface area contributed by atoms with Crippen molar-refractivity contribution in [3.63, 3.8) is 0 Å². The van der Waals surface area contributed by atoms with E-state index in [1.165, 1.54) is 18.5 Å². The normalized spacial score (nSPS) is 11.3. The Labute approximate surface area is 131 Å². The van der Waals surface area contributed by atoms with Gasteiger partial charge in [-0.1, -0.05) is 11.6 Å². The molecule has 0 aliphatic rings. The smallest absolute Gasteiger partial charge is 0.265 e. The van der Waals surface area contributed by atoms with E-state index in [9.17, 15) is 8.42 Å². The Morgan fingerprint density at radius 2 is 2.00 bits per heavy atom. The third kappa shape index (κ3) is 3.44. The molecular formula is C10H6Br2ClN3O2S. The number of pyridine rings is 2. The highest BCUT2D eigenvalue weighted by Gasteiger charge is 2.20. The highest BCUT2D eigenvalue weighted by Crippen LogP contribution is 2.27. The molecule has 2 heterocycles. The van der Waals surface area contributed by atoms with Crippen molar-refractivity contribution in [1.82, 2.24) is 9.97 Å². The first-order valence-corrected chi connectivity index (χ1v) is 8.29. The lowest BCUT2D eigenvalue weighted by molar-refractivity contribution is 0.600. The number of anilines is 1. The van der Waals surface area contributed by atoms with Crippen LogP contribution in [0.5, 0.6) is 0 Å². The summed E-state index contributed by atoms with van der Waals surface area (Å²) in [6, 6.07) is 4.57.